The van der Waals surface area contributed by atoms with Gasteiger partial charge in [0.15, 0.2) is 5.82 Å². The third-order valence-corrected chi connectivity index (χ3v) is 3.06. The largest absolute Gasteiger partial charge is 0.339 e. The Morgan fingerprint density at radius 3 is 2.69 bits per heavy atom. The molecule has 2 unspecified atom stereocenters. The van der Waals surface area contributed by atoms with Crippen LogP contribution in [-0.2, 0) is 6.42 Å². The number of hydrogen-bond acceptors (Lipinski definition) is 4. The van der Waals surface area contributed by atoms with Crippen LogP contribution in [0.2, 0.25) is 0 Å². The van der Waals surface area contributed by atoms with E-state index in [2.05, 4.69) is 30.9 Å². The molecule has 2 atom stereocenters. The quantitative estimate of drug-likeness (QED) is 0.835. The Morgan fingerprint density at radius 2 is 2.12 bits per heavy atom. The summed E-state index contributed by atoms with van der Waals surface area (Å²) in [5.41, 5.74) is 6.21. The van der Waals surface area contributed by atoms with Crippen LogP contribution in [-0.4, -0.2) is 16.2 Å². The molecular weight excluding hydrogens is 202 g/mol. The normalized spacial score (nSPS) is 26.2. The molecule has 0 spiro atoms. The second-order valence-electron chi connectivity index (χ2n) is 5.99. The molecule has 0 aromatic carbocycles. The Hall–Kier alpha value is -0.900. The van der Waals surface area contributed by atoms with Crippen molar-refractivity contribution in [2.75, 3.05) is 0 Å². The van der Waals surface area contributed by atoms with E-state index in [1.807, 2.05) is 0 Å². The third kappa shape index (κ3) is 2.61. The van der Waals surface area contributed by atoms with E-state index in [1.54, 1.807) is 0 Å². The SMILES string of the molecule is CC(C)(C)Cc1noc(C2CCCC2N)n1. The molecular formula is C12H21N3O. The van der Waals surface area contributed by atoms with E-state index in [9.17, 15) is 0 Å². The van der Waals surface area contributed by atoms with Crippen LogP contribution in [0.15, 0.2) is 4.52 Å². The van der Waals surface area contributed by atoms with Gasteiger partial charge in [0.05, 0.1) is 5.92 Å². The fraction of sp³-hybridized carbons (Fsp3) is 0.833. The van der Waals surface area contributed by atoms with Crippen molar-refractivity contribution >= 4 is 0 Å². The Balaban J connectivity index is 2.07. The third-order valence-electron chi connectivity index (χ3n) is 3.06. The van der Waals surface area contributed by atoms with Crippen LogP contribution in [0.1, 0.15) is 57.7 Å². The molecule has 1 heterocycles. The van der Waals surface area contributed by atoms with Crippen molar-refractivity contribution in [3.8, 4) is 0 Å². The number of nitrogens with two attached hydrogens (primary N) is 1. The first-order chi connectivity index (χ1) is 7.46. The molecule has 90 valence electrons. The first-order valence-electron chi connectivity index (χ1n) is 6.04. The zero-order valence-corrected chi connectivity index (χ0v) is 10.4. The lowest BCUT2D eigenvalue weighted by atomic mass is 9.92. The maximum absolute atomic E-state index is 6.02. The van der Waals surface area contributed by atoms with Crippen molar-refractivity contribution in [2.24, 2.45) is 11.1 Å². The van der Waals surface area contributed by atoms with Gasteiger partial charge in [-0.05, 0) is 18.3 Å². The maximum Gasteiger partial charge on any atom is 0.231 e. The van der Waals surface area contributed by atoms with E-state index in [1.165, 1.54) is 6.42 Å². The second-order valence-corrected chi connectivity index (χ2v) is 5.99. The van der Waals surface area contributed by atoms with Crippen LogP contribution in [0.4, 0.5) is 0 Å². The minimum atomic E-state index is 0.193. The number of aromatic nitrogens is 2. The van der Waals surface area contributed by atoms with Gasteiger partial charge < -0.3 is 10.3 Å². The van der Waals surface area contributed by atoms with E-state index in [0.29, 0.717) is 0 Å². The smallest absolute Gasteiger partial charge is 0.231 e. The Labute approximate surface area is 96.6 Å². The first kappa shape index (κ1) is 11.6. The van der Waals surface area contributed by atoms with Crippen LogP contribution >= 0.6 is 0 Å². The highest BCUT2D eigenvalue weighted by Gasteiger charge is 2.30. The molecule has 1 aromatic rings. The molecule has 1 saturated carbocycles. The first-order valence-corrected chi connectivity index (χ1v) is 6.04. The number of rotatable bonds is 2. The zero-order chi connectivity index (χ0) is 11.8. The summed E-state index contributed by atoms with van der Waals surface area (Å²) in [4.78, 5) is 4.47. The summed E-state index contributed by atoms with van der Waals surface area (Å²) in [5.74, 6) is 1.83. The highest BCUT2D eigenvalue weighted by atomic mass is 16.5. The van der Waals surface area contributed by atoms with E-state index in [0.717, 1.165) is 31.0 Å². The highest BCUT2D eigenvalue weighted by molar-refractivity contribution is 5.02. The average Bonchev–Trinajstić information content (AvgIpc) is 2.71. The molecule has 0 saturated heterocycles. The highest BCUT2D eigenvalue weighted by Crippen LogP contribution is 2.32. The van der Waals surface area contributed by atoms with Gasteiger partial charge >= 0.3 is 0 Å². The lowest BCUT2D eigenvalue weighted by Crippen LogP contribution is -2.23. The molecule has 1 aromatic heterocycles. The van der Waals surface area contributed by atoms with E-state index >= 15 is 0 Å². The van der Waals surface area contributed by atoms with Crippen LogP contribution in [0.3, 0.4) is 0 Å². The van der Waals surface area contributed by atoms with Crippen molar-refractivity contribution in [1.29, 1.82) is 0 Å². The molecule has 0 bridgehead atoms. The number of hydrogen-bond donors (Lipinski definition) is 1. The topological polar surface area (TPSA) is 64.9 Å². The zero-order valence-electron chi connectivity index (χ0n) is 10.4. The Bertz CT molecular complexity index is 353. The van der Waals surface area contributed by atoms with Gasteiger partial charge in [0.2, 0.25) is 5.89 Å². The minimum absolute atomic E-state index is 0.193. The summed E-state index contributed by atoms with van der Waals surface area (Å²) >= 11 is 0. The average molecular weight is 223 g/mol. The van der Waals surface area contributed by atoms with Gasteiger partial charge in [0, 0.05) is 12.5 Å². The van der Waals surface area contributed by atoms with Crippen molar-refractivity contribution in [1.82, 2.24) is 10.1 Å². The lowest BCUT2D eigenvalue weighted by Gasteiger charge is -2.14. The molecule has 1 aliphatic carbocycles. The molecule has 2 N–H and O–H groups in total. The standard InChI is InChI=1S/C12H21N3O/c1-12(2,3)7-10-14-11(16-15-10)8-5-4-6-9(8)13/h8-9H,4-7,13H2,1-3H3. The molecule has 4 heteroatoms. The van der Waals surface area contributed by atoms with Gasteiger partial charge in [-0.15, -0.1) is 0 Å². The summed E-state index contributed by atoms with van der Waals surface area (Å²) in [7, 11) is 0. The van der Waals surface area contributed by atoms with Gasteiger partial charge in [0.1, 0.15) is 0 Å². The molecule has 0 amide bonds. The maximum atomic E-state index is 6.02. The van der Waals surface area contributed by atoms with Crippen LogP contribution < -0.4 is 5.73 Å². The van der Waals surface area contributed by atoms with Gasteiger partial charge in [-0.3, -0.25) is 0 Å². The van der Waals surface area contributed by atoms with Crippen LogP contribution in [0.5, 0.6) is 0 Å². The number of nitrogens with zero attached hydrogens (tertiary/aromatic N) is 2. The molecule has 2 rings (SSSR count). The van der Waals surface area contributed by atoms with Crippen molar-refractivity contribution in [3.63, 3.8) is 0 Å². The monoisotopic (exact) mass is 223 g/mol. The van der Waals surface area contributed by atoms with E-state index in [4.69, 9.17) is 10.3 Å². The molecule has 16 heavy (non-hydrogen) atoms. The van der Waals surface area contributed by atoms with Gasteiger partial charge in [-0.1, -0.05) is 32.3 Å². The summed E-state index contributed by atoms with van der Waals surface area (Å²) in [6.45, 7) is 6.51. The second kappa shape index (κ2) is 4.17. The molecule has 4 nitrogen and oxygen atoms in total. The van der Waals surface area contributed by atoms with Crippen LogP contribution in [0.25, 0.3) is 0 Å². The fourth-order valence-electron chi connectivity index (χ4n) is 2.26. The van der Waals surface area contributed by atoms with Crippen molar-refractivity contribution in [3.05, 3.63) is 11.7 Å². The minimum Gasteiger partial charge on any atom is -0.339 e. The van der Waals surface area contributed by atoms with Gasteiger partial charge in [-0.25, -0.2) is 0 Å². The summed E-state index contributed by atoms with van der Waals surface area (Å²) < 4.78 is 5.32. The lowest BCUT2D eigenvalue weighted by molar-refractivity contribution is 0.333. The summed E-state index contributed by atoms with van der Waals surface area (Å²) in [6, 6.07) is 0.197. The van der Waals surface area contributed by atoms with Gasteiger partial charge in [0.25, 0.3) is 0 Å². The van der Waals surface area contributed by atoms with E-state index in [-0.39, 0.29) is 17.4 Å². The Morgan fingerprint density at radius 1 is 1.38 bits per heavy atom. The predicted molar refractivity (Wildman–Crippen MR) is 62.0 cm³/mol. The van der Waals surface area contributed by atoms with Crippen LogP contribution in [0, 0.1) is 5.41 Å². The predicted octanol–water partition coefficient (Wildman–Crippen LogP) is 2.25. The Kier molecular flexibility index (Phi) is 3.02. The van der Waals surface area contributed by atoms with Crippen molar-refractivity contribution < 1.29 is 4.52 Å². The molecule has 1 aliphatic rings. The van der Waals surface area contributed by atoms with Gasteiger partial charge in [-0.2, -0.15) is 4.98 Å². The van der Waals surface area contributed by atoms with Crippen molar-refractivity contribution in [2.45, 2.75) is 58.4 Å². The molecule has 0 aliphatic heterocycles. The summed E-state index contributed by atoms with van der Waals surface area (Å²) in [6.07, 6.45) is 4.17. The molecule has 1 fully saturated rings. The summed E-state index contributed by atoms with van der Waals surface area (Å²) in [5, 5.41) is 4.04. The fourth-order valence-corrected chi connectivity index (χ4v) is 2.26. The molecule has 0 radical (unpaired) electrons. The van der Waals surface area contributed by atoms with E-state index < -0.39 is 0 Å².